The molecule has 0 aliphatic carbocycles. The van der Waals surface area contributed by atoms with Crippen molar-refractivity contribution < 1.29 is 0 Å². The zero-order valence-electron chi connectivity index (χ0n) is 11.1. The van der Waals surface area contributed by atoms with E-state index in [2.05, 4.69) is 47.8 Å². The van der Waals surface area contributed by atoms with Gasteiger partial charge in [0, 0.05) is 17.6 Å². The molecule has 94 valence electrons. The van der Waals surface area contributed by atoms with Crippen molar-refractivity contribution in [3.63, 3.8) is 0 Å². The summed E-state index contributed by atoms with van der Waals surface area (Å²) in [4.78, 5) is 5.70. The average molecular weight is 251 g/mol. The number of nitrogens with zero attached hydrogens (tertiary/aromatic N) is 2. The second-order valence-corrected chi connectivity index (χ2v) is 5.62. The van der Waals surface area contributed by atoms with Gasteiger partial charge < -0.3 is 5.32 Å². The minimum Gasteiger partial charge on any atom is -0.311 e. The van der Waals surface area contributed by atoms with Gasteiger partial charge in [-0.2, -0.15) is 0 Å². The van der Waals surface area contributed by atoms with E-state index in [4.69, 9.17) is 0 Å². The van der Waals surface area contributed by atoms with E-state index in [0.29, 0.717) is 0 Å². The lowest BCUT2D eigenvalue weighted by molar-refractivity contribution is 0.496. The smallest absolute Gasteiger partial charge is 0.194 e. The van der Waals surface area contributed by atoms with E-state index in [1.54, 1.807) is 11.3 Å². The summed E-state index contributed by atoms with van der Waals surface area (Å²) in [5, 5.41) is 5.70. The highest BCUT2D eigenvalue weighted by Gasteiger charge is 2.11. The number of thiazole rings is 1. The van der Waals surface area contributed by atoms with Crippen molar-refractivity contribution in [1.29, 1.82) is 0 Å². The number of nitrogens with one attached hydrogen (secondary N) is 1. The van der Waals surface area contributed by atoms with Crippen LogP contribution in [0.1, 0.15) is 37.4 Å². The van der Waals surface area contributed by atoms with Gasteiger partial charge in [-0.05, 0) is 26.3 Å². The Morgan fingerprint density at radius 3 is 2.94 bits per heavy atom. The van der Waals surface area contributed by atoms with E-state index >= 15 is 0 Å². The second-order valence-electron chi connectivity index (χ2n) is 4.78. The third kappa shape index (κ3) is 2.53. The van der Waals surface area contributed by atoms with Gasteiger partial charge in [0.1, 0.15) is 0 Å². The van der Waals surface area contributed by atoms with Gasteiger partial charge >= 0.3 is 0 Å². The molecule has 1 unspecified atom stereocenters. The van der Waals surface area contributed by atoms with Crippen LogP contribution < -0.4 is 5.32 Å². The fourth-order valence-electron chi connectivity index (χ4n) is 1.96. The SMILES string of the molecule is CCC(C)CNCc1c(C)nc2scc(C)n12. The van der Waals surface area contributed by atoms with E-state index < -0.39 is 0 Å². The van der Waals surface area contributed by atoms with Crippen molar-refractivity contribution in [2.45, 2.75) is 40.7 Å². The largest absolute Gasteiger partial charge is 0.311 e. The van der Waals surface area contributed by atoms with Crippen molar-refractivity contribution in [3.05, 3.63) is 22.5 Å². The van der Waals surface area contributed by atoms with Gasteiger partial charge in [-0.15, -0.1) is 11.3 Å². The van der Waals surface area contributed by atoms with Gasteiger partial charge in [0.2, 0.25) is 0 Å². The molecule has 4 heteroatoms. The van der Waals surface area contributed by atoms with Crippen LogP contribution in [-0.2, 0) is 6.54 Å². The number of hydrogen-bond donors (Lipinski definition) is 1. The van der Waals surface area contributed by atoms with E-state index in [-0.39, 0.29) is 0 Å². The molecule has 2 rings (SSSR count). The fourth-order valence-corrected chi connectivity index (χ4v) is 2.89. The Labute approximate surface area is 107 Å². The van der Waals surface area contributed by atoms with Gasteiger partial charge in [-0.3, -0.25) is 4.40 Å². The summed E-state index contributed by atoms with van der Waals surface area (Å²) in [6.45, 7) is 10.7. The Morgan fingerprint density at radius 1 is 1.47 bits per heavy atom. The molecule has 0 bridgehead atoms. The molecule has 0 aliphatic rings. The van der Waals surface area contributed by atoms with Gasteiger partial charge in [-0.1, -0.05) is 20.3 Å². The number of aromatic nitrogens is 2. The maximum absolute atomic E-state index is 4.59. The van der Waals surface area contributed by atoms with E-state index in [9.17, 15) is 0 Å². The molecule has 0 saturated heterocycles. The molecule has 2 heterocycles. The number of imidazole rings is 1. The summed E-state index contributed by atoms with van der Waals surface area (Å²) < 4.78 is 2.27. The predicted octanol–water partition coefficient (Wildman–Crippen LogP) is 3.15. The Kier molecular flexibility index (Phi) is 3.84. The molecule has 0 aromatic carbocycles. The van der Waals surface area contributed by atoms with Crippen molar-refractivity contribution >= 4 is 16.3 Å². The van der Waals surface area contributed by atoms with Gasteiger partial charge in [0.25, 0.3) is 0 Å². The normalized spacial score (nSPS) is 13.4. The standard InChI is InChI=1S/C13H21N3S/c1-5-9(2)6-14-7-12-11(4)15-13-16(12)10(3)8-17-13/h8-9,14H,5-7H2,1-4H3. The van der Waals surface area contributed by atoms with Crippen LogP contribution in [0.3, 0.4) is 0 Å². The fraction of sp³-hybridized carbons (Fsp3) is 0.615. The number of rotatable bonds is 5. The van der Waals surface area contributed by atoms with Crippen molar-refractivity contribution in [3.8, 4) is 0 Å². The minimum absolute atomic E-state index is 0.738. The first-order valence-corrected chi connectivity index (χ1v) is 7.14. The lowest BCUT2D eigenvalue weighted by Gasteiger charge is -2.10. The van der Waals surface area contributed by atoms with Crippen molar-refractivity contribution in [2.24, 2.45) is 5.92 Å². The first-order chi connectivity index (χ1) is 8.13. The Bertz CT molecular complexity index is 498. The van der Waals surface area contributed by atoms with Crippen LogP contribution in [-0.4, -0.2) is 15.9 Å². The maximum atomic E-state index is 4.59. The van der Waals surface area contributed by atoms with Crippen LogP contribution in [0, 0.1) is 19.8 Å². The molecule has 2 aromatic rings. The molecule has 1 atom stereocenters. The quantitative estimate of drug-likeness (QED) is 0.884. The summed E-state index contributed by atoms with van der Waals surface area (Å²) in [5.74, 6) is 0.738. The summed E-state index contributed by atoms with van der Waals surface area (Å²) in [7, 11) is 0. The molecule has 0 saturated carbocycles. The van der Waals surface area contributed by atoms with Crippen LogP contribution >= 0.6 is 11.3 Å². The third-order valence-corrected chi connectivity index (χ3v) is 4.26. The Hall–Kier alpha value is -0.870. The highest BCUT2D eigenvalue weighted by atomic mass is 32.1. The minimum atomic E-state index is 0.738. The number of hydrogen-bond acceptors (Lipinski definition) is 3. The molecule has 0 amide bonds. The van der Waals surface area contributed by atoms with Crippen LogP contribution in [0.15, 0.2) is 5.38 Å². The van der Waals surface area contributed by atoms with Crippen LogP contribution in [0.25, 0.3) is 4.96 Å². The predicted molar refractivity (Wildman–Crippen MR) is 73.7 cm³/mol. The average Bonchev–Trinajstić information content (AvgIpc) is 2.80. The molecule has 3 nitrogen and oxygen atoms in total. The zero-order valence-corrected chi connectivity index (χ0v) is 11.9. The third-order valence-electron chi connectivity index (χ3n) is 3.31. The van der Waals surface area contributed by atoms with E-state index in [1.165, 1.54) is 17.8 Å². The molecule has 0 radical (unpaired) electrons. The molecule has 0 aliphatic heterocycles. The number of aryl methyl sites for hydroxylation is 2. The van der Waals surface area contributed by atoms with Crippen molar-refractivity contribution in [2.75, 3.05) is 6.54 Å². The van der Waals surface area contributed by atoms with Crippen LogP contribution in [0.2, 0.25) is 0 Å². The first-order valence-electron chi connectivity index (χ1n) is 6.26. The second kappa shape index (κ2) is 5.19. The Morgan fingerprint density at radius 2 is 2.24 bits per heavy atom. The highest BCUT2D eigenvalue weighted by Crippen LogP contribution is 2.20. The van der Waals surface area contributed by atoms with E-state index in [1.807, 2.05) is 0 Å². The highest BCUT2D eigenvalue weighted by molar-refractivity contribution is 7.15. The van der Waals surface area contributed by atoms with Gasteiger partial charge in [0.15, 0.2) is 4.96 Å². The molecular weight excluding hydrogens is 230 g/mol. The van der Waals surface area contributed by atoms with Crippen LogP contribution in [0.5, 0.6) is 0 Å². The zero-order chi connectivity index (χ0) is 12.4. The lowest BCUT2D eigenvalue weighted by atomic mass is 10.1. The maximum Gasteiger partial charge on any atom is 0.194 e. The molecule has 0 spiro atoms. The topological polar surface area (TPSA) is 29.3 Å². The summed E-state index contributed by atoms with van der Waals surface area (Å²) in [6.07, 6.45) is 1.23. The monoisotopic (exact) mass is 251 g/mol. The van der Waals surface area contributed by atoms with Gasteiger partial charge in [-0.25, -0.2) is 4.98 Å². The van der Waals surface area contributed by atoms with Crippen molar-refractivity contribution in [1.82, 2.24) is 14.7 Å². The molecule has 0 fully saturated rings. The van der Waals surface area contributed by atoms with Crippen LogP contribution in [0.4, 0.5) is 0 Å². The lowest BCUT2D eigenvalue weighted by Crippen LogP contribution is -2.21. The molecule has 17 heavy (non-hydrogen) atoms. The molecule has 2 aromatic heterocycles. The summed E-state index contributed by atoms with van der Waals surface area (Å²) in [5.41, 5.74) is 3.74. The number of fused-ring (bicyclic) bond motifs is 1. The molecular formula is C13H21N3S. The summed E-state index contributed by atoms with van der Waals surface area (Å²) >= 11 is 1.72. The first kappa shape index (κ1) is 12.6. The summed E-state index contributed by atoms with van der Waals surface area (Å²) in [6, 6.07) is 0. The van der Waals surface area contributed by atoms with Gasteiger partial charge in [0.05, 0.1) is 11.4 Å². The Balaban J connectivity index is 2.12. The molecule has 1 N–H and O–H groups in total. The van der Waals surface area contributed by atoms with E-state index in [0.717, 1.165) is 29.7 Å².